The van der Waals surface area contributed by atoms with Gasteiger partial charge in [0.1, 0.15) is 5.82 Å². The van der Waals surface area contributed by atoms with Crippen LogP contribution in [0.5, 0.6) is 0 Å². The molecule has 10 heteroatoms. The molecule has 176 valence electrons. The summed E-state index contributed by atoms with van der Waals surface area (Å²) in [7, 11) is 0. The first kappa shape index (κ1) is 21.9. The minimum atomic E-state index is -0.684. The Labute approximate surface area is 197 Å². The zero-order valence-electron chi connectivity index (χ0n) is 18.7. The molecule has 1 saturated carbocycles. The summed E-state index contributed by atoms with van der Waals surface area (Å²) in [5.74, 6) is 0.820. The van der Waals surface area contributed by atoms with E-state index < -0.39 is 12.0 Å². The molecule has 34 heavy (non-hydrogen) atoms. The molecule has 1 amide bonds. The molecule has 2 aliphatic rings. The van der Waals surface area contributed by atoms with Crippen LogP contribution < -0.4 is 21.3 Å². The van der Waals surface area contributed by atoms with Crippen LogP contribution in [0, 0.1) is 0 Å². The van der Waals surface area contributed by atoms with Gasteiger partial charge in [0.15, 0.2) is 11.5 Å². The van der Waals surface area contributed by atoms with Crippen molar-refractivity contribution in [3.05, 3.63) is 66.3 Å². The van der Waals surface area contributed by atoms with Crippen molar-refractivity contribution >= 4 is 28.9 Å². The number of primary amides is 1. The van der Waals surface area contributed by atoms with Crippen LogP contribution in [0.25, 0.3) is 5.70 Å². The molecule has 0 spiro atoms. The molecule has 1 aliphatic heterocycles. The Hall–Kier alpha value is -3.92. The number of nitrogens with two attached hydrogens (primary N) is 1. The van der Waals surface area contributed by atoms with Gasteiger partial charge in [-0.15, -0.1) is 0 Å². The van der Waals surface area contributed by atoms with Gasteiger partial charge in [-0.1, -0.05) is 30.8 Å². The lowest BCUT2D eigenvalue weighted by atomic mass is 10.00. The predicted octanol–water partition coefficient (Wildman–Crippen LogP) is 2.12. The molecule has 0 radical (unpaired) electrons. The first-order chi connectivity index (χ1) is 16.5. The molecule has 1 saturated heterocycles. The van der Waals surface area contributed by atoms with E-state index in [4.69, 9.17) is 5.73 Å². The molecule has 1 aromatic carbocycles. The number of aromatic nitrogens is 4. The van der Waals surface area contributed by atoms with Gasteiger partial charge in [-0.2, -0.15) is 5.10 Å². The number of carbonyl (C=O) groups is 1. The maximum atomic E-state index is 11.8. The molecule has 2 unspecified atom stereocenters. The lowest BCUT2D eigenvalue weighted by molar-refractivity contribution is 0.0996. The summed E-state index contributed by atoms with van der Waals surface area (Å²) >= 11 is 0. The summed E-state index contributed by atoms with van der Waals surface area (Å²) in [6.45, 7) is 5.19. The minimum Gasteiger partial charge on any atom is -0.389 e. The topological polar surface area (TPSA) is 145 Å². The van der Waals surface area contributed by atoms with Gasteiger partial charge >= 0.3 is 0 Å². The van der Waals surface area contributed by atoms with E-state index in [0.717, 1.165) is 17.2 Å². The number of rotatable bonds is 8. The summed E-state index contributed by atoms with van der Waals surface area (Å²) in [5.41, 5.74) is 9.33. The fraction of sp³-hybridized carbons (Fsp3) is 0.333. The molecule has 6 N–H and O–H groups in total. The van der Waals surface area contributed by atoms with E-state index in [1.54, 1.807) is 12.4 Å². The van der Waals surface area contributed by atoms with Crippen molar-refractivity contribution in [3.63, 3.8) is 0 Å². The quantitative estimate of drug-likeness (QED) is 0.344. The van der Waals surface area contributed by atoms with E-state index in [9.17, 15) is 9.90 Å². The first-order valence-electron chi connectivity index (χ1n) is 11.4. The Bertz CT molecular complexity index is 1170. The smallest absolute Gasteiger partial charge is 0.271 e. The molecule has 5 rings (SSSR count). The van der Waals surface area contributed by atoms with Crippen molar-refractivity contribution in [2.24, 2.45) is 5.73 Å². The van der Waals surface area contributed by atoms with Gasteiger partial charge in [-0.05, 0) is 36.3 Å². The fourth-order valence-electron chi connectivity index (χ4n) is 4.24. The van der Waals surface area contributed by atoms with Crippen molar-refractivity contribution in [2.45, 2.75) is 37.3 Å². The van der Waals surface area contributed by atoms with Gasteiger partial charge in [-0.3, -0.25) is 9.89 Å². The molecular formula is C24H28N8O2. The number of hydrogen-bond donors (Lipinski definition) is 5. The van der Waals surface area contributed by atoms with E-state index in [-0.39, 0.29) is 17.6 Å². The van der Waals surface area contributed by atoms with Crippen LogP contribution in [0.2, 0.25) is 0 Å². The maximum absolute atomic E-state index is 11.8. The molecule has 3 aromatic rings. The highest BCUT2D eigenvalue weighted by Crippen LogP contribution is 2.40. The number of nitrogens with one attached hydrogen (secondary N) is 3. The molecule has 2 fully saturated rings. The lowest BCUT2D eigenvalue weighted by Crippen LogP contribution is -2.52. The fourth-order valence-corrected chi connectivity index (χ4v) is 4.24. The van der Waals surface area contributed by atoms with E-state index in [1.807, 2.05) is 4.90 Å². The number of carbonyl (C=O) groups excluding carboxylic acids is 1. The van der Waals surface area contributed by atoms with Gasteiger partial charge in [0.25, 0.3) is 5.91 Å². The van der Waals surface area contributed by atoms with Gasteiger partial charge in [-0.25, -0.2) is 9.97 Å². The van der Waals surface area contributed by atoms with E-state index >= 15 is 0 Å². The van der Waals surface area contributed by atoms with Gasteiger partial charge in [0.05, 0.1) is 30.2 Å². The predicted molar refractivity (Wildman–Crippen MR) is 130 cm³/mol. The SMILES string of the molecule is C=C(NC1CCN(c2cnc(C(N)=O)c(Nc3cn[nH]c3)n2)CC1O)c1ccc(C2CC2)cc1. The number of anilines is 3. The number of piperidine rings is 1. The minimum absolute atomic E-state index is 0.0334. The summed E-state index contributed by atoms with van der Waals surface area (Å²) in [6, 6.07) is 8.39. The number of nitrogens with zero attached hydrogens (tertiary/aromatic N) is 4. The zero-order chi connectivity index (χ0) is 23.7. The molecule has 10 nitrogen and oxygen atoms in total. The van der Waals surface area contributed by atoms with Crippen LogP contribution >= 0.6 is 0 Å². The number of amides is 1. The highest BCUT2D eigenvalue weighted by atomic mass is 16.3. The van der Waals surface area contributed by atoms with Gasteiger partial charge in [0.2, 0.25) is 0 Å². The largest absolute Gasteiger partial charge is 0.389 e. The summed E-state index contributed by atoms with van der Waals surface area (Å²) in [5, 5.41) is 23.8. The lowest BCUT2D eigenvalue weighted by Gasteiger charge is -2.37. The Morgan fingerprint density at radius 3 is 2.65 bits per heavy atom. The van der Waals surface area contributed by atoms with Crippen molar-refractivity contribution < 1.29 is 9.90 Å². The summed E-state index contributed by atoms with van der Waals surface area (Å²) in [6.07, 6.45) is 7.29. The molecule has 1 aliphatic carbocycles. The zero-order valence-corrected chi connectivity index (χ0v) is 18.7. The second kappa shape index (κ2) is 9.14. The first-order valence-corrected chi connectivity index (χ1v) is 11.4. The van der Waals surface area contributed by atoms with Gasteiger partial charge in [0, 0.05) is 25.0 Å². The van der Waals surface area contributed by atoms with E-state index in [2.05, 4.69) is 61.6 Å². The maximum Gasteiger partial charge on any atom is 0.271 e. The Kier molecular flexibility index (Phi) is 5.89. The number of aliphatic hydroxyl groups is 1. The van der Waals surface area contributed by atoms with E-state index in [0.29, 0.717) is 31.0 Å². The monoisotopic (exact) mass is 460 g/mol. The second-order valence-electron chi connectivity index (χ2n) is 8.83. The van der Waals surface area contributed by atoms with Crippen molar-refractivity contribution in [2.75, 3.05) is 23.3 Å². The van der Waals surface area contributed by atoms with Crippen LogP contribution in [0.4, 0.5) is 17.3 Å². The Balaban J connectivity index is 1.24. The number of aliphatic hydroxyl groups excluding tert-OH is 1. The van der Waals surface area contributed by atoms with Crippen LogP contribution in [0.15, 0.2) is 49.4 Å². The molecule has 2 atom stereocenters. The summed E-state index contributed by atoms with van der Waals surface area (Å²) in [4.78, 5) is 22.5. The van der Waals surface area contributed by atoms with E-state index in [1.165, 1.54) is 24.6 Å². The summed E-state index contributed by atoms with van der Waals surface area (Å²) < 4.78 is 0. The number of aromatic amines is 1. The normalized spacial score (nSPS) is 20.1. The third-order valence-corrected chi connectivity index (χ3v) is 6.33. The van der Waals surface area contributed by atoms with Crippen LogP contribution in [0.3, 0.4) is 0 Å². The van der Waals surface area contributed by atoms with Crippen molar-refractivity contribution in [1.29, 1.82) is 0 Å². The Morgan fingerprint density at radius 2 is 2.00 bits per heavy atom. The average molecular weight is 461 g/mol. The standard InChI is InChI=1S/C24H28N8O2/c1-14(15-2-4-16(5-3-15)17-6-7-17)29-19-8-9-32(13-20(19)33)21-12-26-22(23(25)34)24(31-21)30-18-10-27-28-11-18/h2-5,10-12,17,19-20,29,33H,1,6-9,13H2,(H2,25,34)(H,27,28)(H,30,31). The highest BCUT2D eigenvalue weighted by molar-refractivity contribution is 5.96. The van der Waals surface area contributed by atoms with Gasteiger partial charge < -0.3 is 26.4 Å². The highest BCUT2D eigenvalue weighted by Gasteiger charge is 2.30. The third-order valence-electron chi connectivity index (χ3n) is 6.33. The van der Waals surface area contributed by atoms with Crippen LogP contribution in [-0.4, -0.2) is 56.4 Å². The molecule has 3 heterocycles. The third kappa shape index (κ3) is 4.72. The number of β-amino-alcohol motifs (C(OH)–C–C–N with tert-alkyl or cyclic N) is 1. The average Bonchev–Trinajstić information content (AvgIpc) is 3.57. The van der Waals surface area contributed by atoms with Crippen molar-refractivity contribution in [1.82, 2.24) is 25.5 Å². The molecule has 2 aromatic heterocycles. The second-order valence-corrected chi connectivity index (χ2v) is 8.83. The van der Waals surface area contributed by atoms with Crippen molar-refractivity contribution in [3.8, 4) is 0 Å². The number of benzene rings is 1. The molecule has 0 bridgehead atoms. The number of hydrogen-bond acceptors (Lipinski definition) is 8. The molecular weight excluding hydrogens is 432 g/mol. The number of H-pyrrole nitrogens is 1. The Morgan fingerprint density at radius 1 is 1.21 bits per heavy atom. The van der Waals surface area contributed by atoms with Crippen LogP contribution in [-0.2, 0) is 0 Å². The van der Waals surface area contributed by atoms with Crippen LogP contribution in [0.1, 0.15) is 46.8 Å².